The van der Waals surface area contributed by atoms with Gasteiger partial charge in [0.1, 0.15) is 0 Å². The Balaban J connectivity index is 1.61. The highest BCUT2D eigenvalue weighted by Gasteiger charge is 2.15. The van der Waals surface area contributed by atoms with E-state index < -0.39 is 10.0 Å². The van der Waals surface area contributed by atoms with Gasteiger partial charge in [0.05, 0.1) is 17.1 Å². The highest BCUT2D eigenvalue weighted by atomic mass is 32.2. The molecule has 0 saturated carbocycles. The van der Waals surface area contributed by atoms with Gasteiger partial charge in [0.2, 0.25) is 10.0 Å². The van der Waals surface area contributed by atoms with Crippen molar-refractivity contribution in [2.75, 3.05) is 0 Å². The molecule has 0 aliphatic carbocycles. The number of pyridine rings is 2. The van der Waals surface area contributed by atoms with Gasteiger partial charge in [0.25, 0.3) is 5.91 Å². The second-order valence-electron chi connectivity index (χ2n) is 5.71. The standard InChI is InChI=1S/C19H18N4O3S/c24-19(22-14-17-5-1-2-11-21-17)16-6-8-18(9-7-16)27(25,26)23-13-15-4-3-10-20-12-15/h1-12,23H,13-14H2,(H,22,24). The predicted octanol–water partition coefficient (Wildman–Crippen LogP) is 1.89. The molecule has 0 aliphatic rings. The second kappa shape index (κ2) is 8.52. The van der Waals surface area contributed by atoms with Crippen molar-refractivity contribution in [1.82, 2.24) is 20.0 Å². The van der Waals surface area contributed by atoms with Crippen LogP contribution < -0.4 is 10.0 Å². The average Bonchev–Trinajstić information content (AvgIpc) is 2.72. The fourth-order valence-corrected chi connectivity index (χ4v) is 3.34. The predicted molar refractivity (Wildman–Crippen MR) is 100 cm³/mol. The molecule has 7 nitrogen and oxygen atoms in total. The Morgan fingerprint density at radius 2 is 1.74 bits per heavy atom. The van der Waals surface area contributed by atoms with Gasteiger partial charge in [-0.05, 0) is 48.0 Å². The molecule has 2 N–H and O–H groups in total. The van der Waals surface area contributed by atoms with Crippen molar-refractivity contribution >= 4 is 15.9 Å². The Kier molecular flexibility index (Phi) is 5.90. The monoisotopic (exact) mass is 382 g/mol. The Morgan fingerprint density at radius 3 is 2.41 bits per heavy atom. The average molecular weight is 382 g/mol. The van der Waals surface area contributed by atoms with E-state index in [0.717, 1.165) is 11.3 Å². The van der Waals surface area contributed by atoms with Crippen LogP contribution in [0.3, 0.4) is 0 Å². The number of carbonyl (C=O) groups is 1. The lowest BCUT2D eigenvalue weighted by Crippen LogP contribution is -2.24. The SMILES string of the molecule is O=C(NCc1ccccn1)c1ccc(S(=O)(=O)NCc2cccnc2)cc1. The maximum atomic E-state index is 12.4. The third-order valence-corrected chi connectivity index (χ3v) is 5.19. The van der Waals surface area contributed by atoms with E-state index in [2.05, 4.69) is 20.0 Å². The lowest BCUT2D eigenvalue weighted by Gasteiger charge is -2.08. The third kappa shape index (κ3) is 5.19. The first kappa shape index (κ1) is 18.7. The molecule has 2 aromatic heterocycles. The van der Waals surface area contributed by atoms with Crippen LogP contribution in [0, 0.1) is 0 Å². The Morgan fingerprint density at radius 1 is 0.926 bits per heavy atom. The molecule has 0 aliphatic heterocycles. The van der Waals surface area contributed by atoms with E-state index in [9.17, 15) is 13.2 Å². The molecular weight excluding hydrogens is 364 g/mol. The van der Waals surface area contributed by atoms with E-state index in [1.54, 1.807) is 36.8 Å². The molecule has 0 unspecified atom stereocenters. The molecule has 0 atom stereocenters. The summed E-state index contributed by atoms with van der Waals surface area (Å²) in [6.45, 7) is 0.439. The van der Waals surface area contributed by atoms with Crippen LogP contribution >= 0.6 is 0 Å². The van der Waals surface area contributed by atoms with Crippen molar-refractivity contribution in [3.63, 3.8) is 0 Å². The molecule has 1 aromatic carbocycles. The normalized spacial score (nSPS) is 11.1. The molecule has 3 aromatic rings. The zero-order valence-corrected chi connectivity index (χ0v) is 15.2. The summed E-state index contributed by atoms with van der Waals surface area (Å²) in [5, 5.41) is 2.75. The van der Waals surface area contributed by atoms with Crippen molar-refractivity contribution in [1.29, 1.82) is 0 Å². The van der Waals surface area contributed by atoms with Gasteiger partial charge in [-0.15, -0.1) is 0 Å². The number of rotatable bonds is 7. The van der Waals surface area contributed by atoms with E-state index in [-0.39, 0.29) is 17.3 Å². The number of aromatic nitrogens is 2. The van der Waals surface area contributed by atoms with E-state index in [4.69, 9.17) is 0 Å². The topological polar surface area (TPSA) is 101 Å². The summed E-state index contributed by atoms with van der Waals surface area (Å²) < 4.78 is 27.2. The van der Waals surface area contributed by atoms with Crippen LogP contribution in [0.4, 0.5) is 0 Å². The van der Waals surface area contributed by atoms with Gasteiger partial charge >= 0.3 is 0 Å². The summed E-state index contributed by atoms with van der Waals surface area (Å²) in [4.78, 5) is 20.3. The number of hydrogen-bond donors (Lipinski definition) is 2. The van der Waals surface area contributed by atoms with Crippen LogP contribution in [-0.4, -0.2) is 24.3 Å². The van der Waals surface area contributed by atoms with Gasteiger partial charge in [-0.2, -0.15) is 0 Å². The van der Waals surface area contributed by atoms with Crippen molar-refractivity contribution in [3.8, 4) is 0 Å². The Bertz CT molecular complexity index is 992. The number of hydrogen-bond acceptors (Lipinski definition) is 5. The summed E-state index contributed by atoms with van der Waals surface area (Å²) in [5.41, 5.74) is 1.87. The number of benzene rings is 1. The molecule has 0 radical (unpaired) electrons. The molecular formula is C19H18N4O3S. The molecule has 0 saturated heterocycles. The Labute approximate surface area is 157 Å². The summed E-state index contributed by atoms with van der Waals surface area (Å²) in [5.74, 6) is -0.298. The highest BCUT2D eigenvalue weighted by Crippen LogP contribution is 2.11. The fraction of sp³-hybridized carbons (Fsp3) is 0.105. The summed E-state index contributed by atoms with van der Waals surface area (Å²) in [6, 6.07) is 14.7. The van der Waals surface area contributed by atoms with Crippen molar-refractivity contribution in [2.45, 2.75) is 18.0 Å². The fourth-order valence-electron chi connectivity index (χ4n) is 2.33. The first-order chi connectivity index (χ1) is 13.0. The number of sulfonamides is 1. The van der Waals surface area contributed by atoms with Gasteiger partial charge < -0.3 is 5.32 Å². The van der Waals surface area contributed by atoms with E-state index in [0.29, 0.717) is 12.1 Å². The maximum Gasteiger partial charge on any atom is 0.251 e. The molecule has 2 heterocycles. The maximum absolute atomic E-state index is 12.4. The van der Waals surface area contributed by atoms with E-state index in [1.165, 1.54) is 24.3 Å². The highest BCUT2D eigenvalue weighted by molar-refractivity contribution is 7.89. The number of nitrogens with zero attached hydrogens (tertiary/aromatic N) is 2. The molecule has 0 spiro atoms. The third-order valence-electron chi connectivity index (χ3n) is 3.77. The molecule has 0 bridgehead atoms. The van der Waals surface area contributed by atoms with Gasteiger partial charge in [0.15, 0.2) is 0 Å². The lowest BCUT2D eigenvalue weighted by atomic mass is 10.2. The smallest absolute Gasteiger partial charge is 0.251 e. The van der Waals surface area contributed by atoms with E-state index in [1.807, 2.05) is 12.1 Å². The van der Waals surface area contributed by atoms with Crippen LogP contribution in [-0.2, 0) is 23.1 Å². The lowest BCUT2D eigenvalue weighted by molar-refractivity contribution is 0.0950. The second-order valence-corrected chi connectivity index (χ2v) is 7.48. The summed E-state index contributed by atoms with van der Waals surface area (Å²) in [6.07, 6.45) is 4.87. The zero-order chi connectivity index (χ0) is 19.1. The largest absolute Gasteiger partial charge is 0.346 e. The number of carbonyl (C=O) groups excluding carboxylic acids is 1. The Hall–Kier alpha value is -3.10. The van der Waals surface area contributed by atoms with Crippen LogP contribution in [0.15, 0.2) is 78.1 Å². The number of nitrogens with one attached hydrogen (secondary N) is 2. The first-order valence-electron chi connectivity index (χ1n) is 8.21. The minimum Gasteiger partial charge on any atom is -0.346 e. The van der Waals surface area contributed by atoms with Crippen LogP contribution in [0.25, 0.3) is 0 Å². The molecule has 1 amide bonds. The molecule has 27 heavy (non-hydrogen) atoms. The summed E-state index contributed by atoms with van der Waals surface area (Å²) in [7, 11) is -3.68. The van der Waals surface area contributed by atoms with Crippen molar-refractivity contribution in [2.24, 2.45) is 0 Å². The van der Waals surface area contributed by atoms with Crippen LogP contribution in [0.1, 0.15) is 21.6 Å². The van der Waals surface area contributed by atoms with E-state index >= 15 is 0 Å². The molecule has 138 valence electrons. The zero-order valence-electron chi connectivity index (χ0n) is 14.4. The molecule has 0 fully saturated rings. The first-order valence-corrected chi connectivity index (χ1v) is 9.70. The minimum atomic E-state index is -3.68. The van der Waals surface area contributed by atoms with Crippen molar-refractivity contribution in [3.05, 3.63) is 90.0 Å². The molecule has 8 heteroatoms. The van der Waals surface area contributed by atoms with Crippen LogP contribution in [0.2, 0.25) is 0 Å². The molecule has 3 rings (SSSR count). The van der Waals surface area contributed by atoms with Crippen LogP contribution in [0.5, 0.6) is 0 Å². The van der Waals surface area contributed by atoms with Gasteiger partial charge in [-0.25, -0.2) is 13.1 Å². The van der Waals surface area contributed by atoms with Gasteiger partial charge in [-0.3, -0.25) is 14.8 Å². The quantitative estimate of drug-likeness (QED) is 0.650. The number of amides is 1. The van der Waals surface area contributed by atoms with Gasteiger partial charge in [-0.1, -0.05) is 12.1 Å². The summed E-state index contributed by atoms with van der Waals surface area (Å²) >= 11 is 0. The van der Waals surface area contributed by atoms with Crippen molar-refractivity contribution < 1.29 is 13.2 Å². The minimum absolute atomic E-state index is 0.0904. The van der Waals surface area contributed by atoms with Gasteiger partial charge in [0, 0.05) is 30.7 Å².